The Kier molecular flexibility index (Phi) is 8.91. The van der Waals surface area contributed by atoms with Gasteiger partial charge in [-0.2, -0.15) is 0 Å². The molecular weight excluding hydrogens is 399 g/mol. The van der Waals surface area contributed by atoms with Crippen molar-refractivity contribution in [3.8, 4) is 0 Å². The maximum Gasteiger partial charge on any atom is 0.191 e. The van der Waals surface area contributed by atoms with Crippen LogP contribution in [-0.4, -0.2) is 44.1 Å². The Morgan fingerprint density at radius 2 is 1.91 bits per heavy atom. The summed E-state index contributed by atoms with van der Waals surface area (Å²) >= 11 is 0. The molecule has 0 spiro atoms. The number of nitrogens with one attached hydrogen (secondary N) is 2. The fraction of sp³-hybridized carbons (Fsp3) is 0.611. The van der Waals surface area contributed by atoms with E-state index >= 15 is 0 Å². The Hall–Kier alpha value is -0.820. The molecule has 1 aromatic rings. The summed E-state index contributed by atoms with van der Waals surface area (Å²) in [5.41, 5.74) is 1.28. The van der Waals surface area contributed by atoms with Crippen LogP contribution in [0.2, 0.25) is 0 Å². The van der Waals surface area contributed by atoms with Gasteiger partial charge in [-0.15, -0.1) is 24.0 Å². The zero-order chi connectivity index (χ0) is 15.9. The summed E-state index contributed by atoms with van der Waals surface area (Å²) in [5.74, 6) is 1.74. The van der Waals surface area contributed by atoms with Crippen molar-refractivity contribution >= 4 is 29.9 Å². The van der Waals surface area contributed by atoms with Gasteiger partial charge in [-0.25, -0.2) is 0 Å². The lowest BCUT2D eigenvalue weighted by Crippen LogP contribution is -2.40. The van der Waals surface area contributed by atoms with Gasteiger partial charge in [-0.3, -0.25) is 4.99 Å². The molecule has 1 saturated carbocycles. The first-order valence-corrected chi connectivity index (χ1v) is 8.38. The molecule has 0 radical (unpaired) electrons. The summed E-state index contributed by atoms with van der Waals surface area (Å²) in [5, 5.41) is 6.87. The molecule has 2 N–H and O–H groups in total. The highest BCUT2D eigenvalue weighted by Crippen LogP contribution is 2.34. The zero-order valence-corrected chi connectivity index (χ0v) is 17.1. The zero-order valence-electron chi connectivity index (χ0n) is 14.7. The largest absolute Gasteiger partial charge is 0.357 e. The third kappa shape index (κ3) is 6.67. The molecule has 1 fully saturated rings. The number of halogens is 1. The molecule has 0 bridgehead atoms. The highest BCUT2D eigenvalue weighted by Gasteiger charge is 2.32. The van der Waals surface area contributed by atoms with Gasteiger partial charge in [-0.1, -0.05) is 30.3 Å². The van der Waals surface area contributed by atoms with E-state index in [2.05, 4.69) is 67.7 Å². The number of hydrogen-bond donors (Lipinski definition) is 2. The minimum absolute atomic E-state index is 0. The van der Waals surface area contributed by atoms with Gasteiger partial charge in [-0.05, 0) is 52.3 Å². The molecule has 130 valence electrons. The molecule has 1 aromatic carbocycles. The summed E-state index contributed by atoms with van der Waals surface area (Å²) in [6, 6.07) is 11.3. The molecule has 0 aromatic heterocycles. The summed E-state index contributed by atoms with van der Waals surface area (Å²) in [6.45, 7) is 6.01. The normalized spacial score (nSPS) is 17.3. The van der Waals surface area contributed by atoms with E-state index in [0.29, 0.717) is 6.04 Å². The summed E-state index contributed by atoms with van der Waals surface area (Å²) in [7, 11) is 4.32. The highest BCUT2D eigenvalue weighted by molar-refractivity contribution is 14.0. The van der Waals surface area contributed by atoms with Gasteiger partial charge in [0.15, 0.2) is 5.96 Å². The number of aliphatic imine (C=N–C) groups is 1. The van der Waals surface area contributed by atoms with Crippen LogP contribution in [0.1, 0.15) is 38.3 Å². The van der Waals surface area contributed by atoms with Gasteiger partial charge in [0.05, 0.1) is 12.6 Å². The van der Waals surface area contributed by atoms with Crippen LogP contribution in [-0.2, 0) is 0 Å². The van der Waals surface area contributed by atoms with Crippen molar-refractivity contribution in [3.05, 3.63) is 35.9 Å². The minimum atomic E-state index is 0. The van der Waals surface area contributed by atoms with E-state index in [1.165, 1.54) is 18.4 Å². The third-order valence-corrected chi connectivity index (χ3v) is 4.26. The van der Waals surface area contributed by atoms with Crippen molar-refractivity contribution in [2.24, 2.45) is 10.9 Å². The van der Waals surface area contributed by atoms with E-state index in [9.17, 15) is 0 Å². The SMILES string of the molecule is CCNC(=NCC(C1CC1)N(C)C)NC(C)c1ccccc1.I. The van der Waals surface area contributed by atoms with Crippen LogP contribution in [0.25, 0.3) is 0 Å². The number of benzene rings is 1. The Bertz CT molecular complexity index is 469. The third-order valence-electron chi connectivity index (χ3n) is 4.26. The average molecular weight is 430 g/mol. The molecule has 0 saturated heterocycles. The first-order chi connectivity index (χ1) is 10.6. The molecule has 0 aliphatic heterocycles. The molecule has 1 aliphatic carbocycles. The van der Waals surface area contributed by atoms with Crippen molar-refractivity contribution in [1.29, 1.82) is 0 Å². The molecule has 2 rings (SSSR count). The van der Waals surface area contributed by atoms with Crippen LogP contribution in [0.3, 0.4) is 0 Å². The second-order valence-electron chi connectivity index (χ2n) is 6.36. The monoisotopic (exact) mass is 430 g/mol. The van der Waals surface area contributed by atoms with Gasteiger partial charge in [0.1, 0.15) is 0 Å². The maximum atomic E-state index is 4.81. The molecule has 2 unspecified atom stereocenters. The Labute approximate surface area is 158 Å². The van der Waals surface area contributed by atoms with Gasteiger partial charge < -0.3 is 15.5 Å². The Balaban J connectivity index is 0.00000264. The summed E-state index contributed by atoms with van der Waals surface area (Å²) in [4.78, 5) is 7.13. The number of rotatable bonds is 7. The highest BCUT2D eigenvalue weighted by atomic mass is 127. The van der Waals surface area contributed by atoms with Crippen LogP contribution >= 0.6 is 24.0 Å². The molecule has 0 amide bonds. The quantitative estimate of drug-likeness (QED) is 0.396. The first kappa shape index (κ1) is 20.2. The van der Waals surface area contributed by atoms with Gasteiger partial charge in [0.2, 0.25) is 0 Å². The van der Waals surface area contributed by atoms with E-state index in [0.717, 1.165) is 25.0 Å². The maximum absolute atomic E-state index is 4.81. The van der Waals surface area contributed by atoms with Crippen molar-refractivity contribution in [2.45, 2.75) is 38.8 Å². The van der Waals surface area contributed by atoms with Gasteiger partial charge in [0.25, 0.3) is 0 Å². The lowest BCUT2D eigenvalue weighted by molar-refractivity contribution is 0.271. The molecule has 0 heterocycles. The lowest BCUT2D eigenvalue weighted by Gasteiger charge is -2.24. The lowest BCUT2D eigenvalue weighted by atomic mass is 10.1. The van der Waals surface area contributed by atoms with Crippen molar-refractivity contribution in [1.82, 2.24) is 15.5 Å². The van der Waals surface area contributed by atoms with E-state index in [1.54, 1.807) is 0 Å². The molecular formula is C18H31IN4. The van der Waals surface area contributed by atoms with Crippen LogP contribution in [0.4, 0.5) is 0 Å². The van der Waals surface area contributed by atoms with Crippen molar-refractivity contribution in [2.75, 3.05) is 27.2 Å². The van der Waals surface area contributed by atoms with Crippen LogP contribution < -0.4 is 10.6 Å². The molecule has 23 heavy (non-hydrogen) atoms. The summed E-state index contributed by atoms with van der Waals surface area (Å²) < 4.78 is 0. The molecule has 5 heteroatoms. The minimum Gasteiger partial charge on any atom is -0.357 e. The first-order valence-electron chi connectivity index (χ1n) is 8.38. The topological polar surface area (TPSA) is 39.7 Å². The van der Waals surface area contributed by atoms with Crippen LogP contribution in [0.5, 0.6) is 0 Å². The van der Waals surface area contributed by atoms with E-state index in [1.807, 2.05) is 6.07 Å². The average Bonchev–Trinajstić information content (AvgIpc) is 3.33. The van der Waals surface area contributed by atoms with Crippen LogP contribution in [0, 0.1) is 5.92 Å². The number of hydrogen-bond acceptors (Lipinski definition) is 2. The Morgan fingerprint density at radius 1 is 1.26 bits per heavy atom. The Morgan fingerprint density at radius 3 is 2.43 bits per heavy atom. The summed E-state index contributed by atoms with van der Waals surface area (Å²) in [6.07, 6.45) is 2.70. The number of guanidine groups is 1. The van der Waals surface area contributed by atoms with E-state index in [-0.39, 0.29) is 30.0 Å². The van der Waals surface area contributed by atoms with Gasteiger partial charge >= 0.3 is 0 Å². The number of nitrogens with zero attached hydrogens (tertiary/aromatic N) is 2. The van der Waals surface area contributed by atoms with Crippen LogP contribution in [0.15, 0.2) is 35.3 Å². The molecule has 1 aliphatic rings. The smallest absolute Gasteiger partial charge is 0.191 e. The van der Waals surface area contributed by atoms with Gasteiger partial charge in [0, 0.05) is 12.6 Å². The van der Waals surface area contributed by atoms with Crippen molar-refractivity contribution < 1.29 is 0 Å². The fourth-order valence-corrected chi connectivity index (χ4v) is 2.75. The van der Waals surface area contributed by atoms with Crippen molar-refractivity contribution in [3.63, 3.8) is 0 Å². The predicted octanol–water partition coefficient (Wildman–Crippen LogP) is 3.26. The second kappa shape index (κ2) is 10.1. The van der Waals surface area contributed by atoms with E-state index in [4.69, 9.17) is 4.99 Å². The molecule has 2 atom stereocenters. The second-order valence-corrected chi connectivity index (χ2v) is 6.36. The standard InChI is InChI=1S/C18H30N4.HI/c1-5-19-18(20-13-17(22(3)4)16-11-12-16)21-14(2)15-9-7-6-8-10-15;/h6-10,14,16-17H,5,11-13H2,1-4H3,(H2,19,20,21);1H. The van der Waals surface area contributed by atoms with E-state index < -0.39 is 0 Å². The predicted molar refractivity (Wildman–Crippen MR) is 110 cm³/mol. The molecule has 4 nitrogen and oxygen atoms in total. The fourth-order valence-electron chi connectivity index (χ4n) is 2.75. The number of likely N-dealkylation sites (N-methyl/N-ethyl adjacent to an activating group) is 1.